The molecule has 1 aliphatic carbocycles. The van der Waals surface area contributed by atoms with Crippen molar-refractivity contribution < 1.29 is 17.7 Å². The third-order valence-electron chi connectivity index (χ3n) is 6.27. The molecule has 1 saturated carbocycles. The molecule has 1 aromatic carbocycles. The summed E-state index contributed by atoms with van der Waals surface area (Å²) in [5, 5.41) is 4.63. The highest BCUT2D eigenvalue weighted by atomic mass is 32.2. The zero-order chi connectivity index (χ0) is 22.5. The van der Waals surface area contributed by atoms with E-state index in [0.29, 0.717) is 43.2 Å². The zero-order valence-corrected chi connectivity index (χ0v) is 19.1. The fraction of sp³-hybridized carbons (Fsp3) is 0.435. The van der Waals surface area contributed by atoms with Crippen LogP contribution < -0.4 is 0 Å². The molecule has 2 aliphatic rings. The van der Waals surface area contributed by atoms with Crippen molar-refractivity contribution in [2.45, 2.75) is 43.9 Å². The highest BCUT2D eigenvalue weighted by molar-refractivity contribution is 7.89. The molecule has 9 heteroatoms. The van der Waals surface area contributed by atoms with Crippen LogP contribution in [0.5, 0.6) is 0 Å². The van der Waals surface area contributed by atoms with Gasteiger partial charge in [-0.2, -0.15) is 4.31 Å². The average molecular weight is 455 g/mol. The van der Waals surface area contributed by atoms with Crippen LogP contribution in [0.3, 0.4) is 0 Å². The fourth-order valence-corrected chi connectivity index (χ4v) is 6.20. The van der Waals surface area contributed by atoms with Crippen molar-refractivity contribution in [3.63, 3.8) is 0 Å². The molecule has 1 aliphatic heterocycles. The number of hydrogen-bond acceptors (Lipinski definition) is 6. The summed E-state index contributed by atoms with van der Waals surface area (Å²) in [5.74, 6) is 0.656. The first-order valence-corrected chi connectivity index (χ1v) is 12.4. The number of amides is 1. The first-order chi connectivity index (χ1) is 15.4. The van der Waals surface area contributed by atoms with E-state index in [1.54, 1.807) is 18.7 Å². The van der Waals surface area contributed by atoms with E-state index in [4.69, 9.17) is 9.51 Å². The van der Waals surface area contributed by atoms with Gasteiger partial charge in [0.2, 0.25) is 10.0 Å². The van der Waals surface area contributed by atoms with Gasteiger partial charge in [0.1, 0.15) is 10.6 Å². The summed E-state index contributed by atoms with van der Waals surface area (Å²) in [6, 6.07) is 9.66. The van der Waals surface area contributed by atoms with Crippen LogP contribution in [0, 0.1) is 13.8 Å². The second-order valence-corrected chi connectivity index (χ2v) is 10.5. The van der Waals surface area contributed by atoms with Gasteiger partial charge in [-0.1, -0.05) is 23.4 Å². The van der Waals surface area contributed by atoms with Crippen molar-refractivity contribution in [3.05, 3.63) is 53.0 Å². The van der Waals surface area contributed by atoms with Gasteiger partial charge in [0.05, 0.1) is 11.1 Å². The molecule has 0 unspecified atom stereocenters. The van der Waals surface area contributed by atoms with E-state index >= 15 is 0 Å². The number of benzene rings is 1. The van der Waals surface area contributed by atoms with Crippen LogP contribution in [0.25, 0.3) is 10.9 Å². The van der Waals surface area contributed by atoms with Crippen LogP contribution in [-0.4, -0.2) is 59.8 Å². The first-order valence-electron chi connectivity index (χ1n) is 11.0. The van der Waals surface area contributed by atoms with Gasteiger partial charge >= 0.3 is 0 Å². The summed E-state index contributed by atoms with van der Waals surface area (Å²) in [4.78, 5) is 20.2. The summed E-state index contributed by atoms with van der Waals surface area (Å²) in [7, 11) is -3.73. The van der Waals surface area contributed by atoms with Crippen molar-refractivity contribution in [1.29, 1.82) is 0 Å². The highest BCUT2D eigenvalue weighted by Crippen LogP contribution is 2.40. The Balaban J connectivity index is 1.41. The number of sulfonamides is 1. The van der Waals surface area contributed by atoms with Gasteiger partial charge in [-0.15, -0.1) is 0 Å². The molecule has 3 heterocycles. The molecule has 2 aromatic heterocycles. The van der Waals surface area contributed by atoms with Gasteiger partial charge in [-0.25, -0.2) is 8.42 Å². The predicted molar refractivity (Wildman–Crippen MR) is 119 cm³/mol. The lowest BCUT2D eigenvalue weighted by atomic mass is 10.0. The number of para-hydroxylation sites is 1. The molecule has 0 radical (unpaired) electrons. The van der Waals surface area contributed by atoms with Crippen LogP contribution in [0.15, 0.2) is 39.8 Å². The molecule has 0 spiro atoms. The molecule has 2 fully saturated rings. The Kier molecular flexibility index (Phi) is 5.25. The smallest absolute Gasteiger partial charge is 0.254 e. The van der Waals surface area contributed by atoms with Crippen molar-refractivity contribution in [1.82, 2.24) is 19.3 Å². The standard InChI is InChI=1S/C23H26N4O4S/c1-15-22(16(2)31-25-15)32(29,30)27-11-5-10-26(12-13-27)23(28)19-14-21(17-8-9-17)24-20-7-4-3-6-18(19)20/h3-4,6-7,14,17H,5,8-13H2,1-2H3. The Bertz CT molecular complexity index is 1280. The molecule has 168 valence electrons. The quantitative estimate of drug-likeness (QED) is 0.600. The maximum absolute atomic E-state index is 13.6. The van der Waals surface area contributed by atoms with Gasteiger partial charge in [0, 0.05) is 43.2 Å². The second-order valence-electron chi connectivity index (χ2n) is 8.59. The number of fused-ring (bicyclic) bond motifs is 1. The molecule has 3 aromatic rings. The van der Waals surface area contributed by atoms with E-state index in [0.717, 1.165) is 29.4 Å². The van der Waals surface area contributed by atoms with Crippen LogP contribution in [0.4, 0.5) is 0 Å². The lowest BCUT2D eigenvalue weighted by molar-refractivity contribution is 0.0766. The molecule has 1 saturated heterocycles. The Morgan fingerprint density at radius 1 is 1.09 bits per heavy atom. The van der Waals surface area contributed by atoms with E-state index in [9.17, 15) is 13.2 Å². The fourth-order valence-electron chi connectivity index (χ4n) is 4.44. The number of hydrogen-bond donors (Lipinski definition) is 0. The Morgan fingerprint density at radius 2 is 1.88 bits per heavy atom. The summed E-state index contributed by atoms with van der Waals surface area (Å²) in [5.41, 5.74) is 2.82. The molecular weight excluding hydrogens is 428 g/mol. The molecule has 32 heavy (non-hydrogen) atoms. The minimum absolute atomic E-state index is 0.0675. The van der Waals surface area contributed by atoms with E-state index in [-0.39, 0.29) is 23.1 Å². The molecule has 1 amide bonds. The van der Waals surface area contributed by atoms with Gasteiger partial charge in [-0.05, 0) is 45.2 Å². The van der Waals surface area contributed by atoms with Crippen LogP contribution in [-0.2, 0) is 10.0 Å². The first kappa shape index (κ1) is 21.1. The van der Waals surface area contributed by atoms with E-state index in [2.05, 4.69) is 5.16 Å². The molecule has 0 N–H and O–H groups in total. The summed E-state index contributed by atoms with van der Waals surface area (Å²) in [6.45, 7) is 4.64. The highest BCUT2D eigenvalue weighted by Gasteiger charge is 2.34. The molecule has 0 atom stereocenters. The summed E-state index contributed by atoms with van der Waals surface area (Å²) < 4.78 is 32.9. The SMILES string of the molecule is Cc1noc(C)c1S(=O)(=O)N1CCCN(C(=O)c2cc(C3CC3)nc3ccccc23)CC1. The third kappa shape index (κ3) is 3.69. The monoisotopic (exact) mass is 454 g/mol. The summed E-state index contributed by atoms with van der Waals surface area (Å²) >= 11 is 0. The molecular formula is C23H26N4O4S. The Morgan fingerprint density at radius 3 is 2.59 bits per heavy atom. The second kappa shape index (κ2) is 7.97. The van der Waals surface area contributed by atoms with Gasteiger partial charge < -0.3 is 9.42 Å². The number of pyridine rings is 1. The molecule has 0 bridgehead atoms. The van der Waals surface area contributed by atoms with E-state index in [1.807, 2.05) is 30.3 Å². The lowest BCUT2D eigenvalue weighted by Crippen LogP contribution is -2.37. The van der Waals surface area contributed by atoms with Crippen molar-refractivity contribution in [2.24, 2.45) is 0 Å². The lowest BCUT2D eigenvalue weighted by Gasteiger charge is -2.22. The summed E-state index contributed by atoms with van der Waals surface area (Å²) in [6.07, 6.45) is 2.78. The van der Waals surface area contributed by atoms with Gasteiger partial charge in [0.15, 0.2) is 5.76 Å². The normalized spacial score (nSPS) is 18.1. The average Bonchev–Trinajstić information content (AvgIpc) is 3.59. The number of aryl methyl sites for hydroxylation is 2. The molecule has 8 nitrogen and oxygen atoms in total. The Hall–Kier alpha value is -2.78. The van der Waals surface area contributed by atoms with E-state index in [1.165, 1.54) is 4.31 Å². The van der Waals surface area contributed by atoms with Crippen molar-refractivity contribution >= 4 is 26.8 Å². The van der Waals surface area contributed by atoms with Gasteiger partial charge in [0.25, 0.3) is 5.91 Å². The topological polar surface area (TPSA) is 96.6 Å². The number of nitrogens with zero attached hydrogens (tertiary/aromatic N) is 4. The maximum atomic E-state index is 13.6. The molecule has 5 rings (SSSR count). The predicted octanol–water partition coefficient (Wildman–Crippen LogP) is 3.25. The maximum Gasteiger partial charge on any atom is 0.254 e. The third-order valence-corrected chi connectivity index (χ3v) is 8.41. The largest absolute Gasteiger partial charge is 0.360 e. The van der Waals surface area contributed by atoms with Gasteiger partial charge in [-0.3, -0.25) is 9.78 Å². The minimum Gasteiger partial charge on any atom is -0.360 e. The number of aromatic nitrogens is 2. The van der Waals surface area contributed by atoms with Crippen LogP contribution in [0.1, 0.15) is 52.7 Å². The van der Waals surface area contributed by atoms with Crippen molar-refractivity contribution in [2.75, 3.05) is 26.2 Å². The Labute approximate surface area is 187 Å². The number of rotatable bonds is 4. The number of carbonyl (C=O) groups is 1. The zero-order valence-electron chi connectivity index (χ0n) is 18.2. The van der Waals surface area contributed by atoms with Crippen LogP contribution in [0.2, 0.25) is 0 Å². The van der Waals surface area contributed by atoms with Crippen molar-refractivity contribution in [3.8, 4) is 0 Å². The van der Waals surface area contributed by atoms with E-state index < -0.39 is 10.0 Å². The van der Waals surface area contributed by atoms with Crippen LogP contribution >= 0.6 is 0 Å². The minimum atomic E-state index is -3.73. The number of carbonyl (C=O) groups excluding carboxylic acids is 1.